The summed E-state index contributed by atoms with van der Waals surface area (Å²) in [6.45, 7) is 4.04. The molecule has 33 heavy (non-hydrogen) atoms. The molecule has 1 saturated heterocycles. The first-order valence-electron chi connectivity index (χ1n) is 11.0. The Labute approximate surface area is 187 Å². The van der Waals surface area contributed by atoms with Gasteiger partial charge in [-0.2, -0.15) is 4.98 Å². The van der Waals surface area contributed by atoms with E-state index >= 15 is 0 Å². The van der Waals surface area contributed by atoms with Crippen LogP contribution in [0.1, 0.15) is 31.6 Å². The van der Waals surface area contributed by atoms with Gasteiger partial charge < -0.3 is 24.2 Å². The van der Waals surface area contributed by atoms with Gasteiger partial charge in [0.15, 0.2) is 0 Å². The molecule has 4 heterocycles. The molecule has 11 heteroatoms. The van der Waals surface area contributed by atoms with Gasteiger partial charge in [-0.1, -0.05) is 12.1 Å². The summed E-state index contributed by atoms with van der Waals surface area (Å²) in [5.41, 5.74) is 1.30. The number of fused-ring (bicyclic) bond motifs is 3. The molecular weight excluding hydrogens is 431 g/mol. The fourth-order valence-electron chi connectivity index (χ4n) is 4.27. The summed E-state index contributed by atoms with van der Waals surface area (Å²) in [7, 11) is 0. The zero-order chi connectivity index (χ0) is 23.1. The third kappa shape index (κ3) is 3.92. The Balaban J connectivity index is 1.61. The molecule has 4 aromatic rings. The second kappa shape index (κ2) is 8.65. The standard InChI is InChI=1S/C22H25FN6O4/c1-13(11-30)21-25-20(26-33-21)18-19-22(32)28(9-8-27-6-4-15(31)5-7-27)17-10-14(23)2-3-16(17)29(19)12-24-18/h2-3,10,12-13,15,30-31H,4-9,11H2,1H3. The number of imidazole rings is 1. The summed E-state index contributed by atoms with van der Waals surface area (Å²) < 4.78 is 22.6. The van der Waals surface area contributed by atoms with Crippen molar-refractivity contribution < 1.29 is 19.1 Å². The number of rotatable bonds is 6. The minimum Gasteiger partial charge on any atom is -0.396 e. The predicted molar refractivity (Wildman–Crippen MR) is 117 cm³/mol. The van der Waals surface area contributed by atoms with E-state index in [1.165, 1.54) is 18.5 Å². The third-order valence-electron chi connectivity index (χ3n) is 6.25. The van der Waals surface area contributed by atoms with E-state index in [9.17, 15) is 19.4 Å². The number of benzene rings is 1. The number of aliphatic hydroxyl groups excluding tert-OH is 2. The molecule has 1 aliphatic rings. The van der Waals surface area contributed by atoms with Gasteiger partial charge >= 0.3 is 0 Å². The van der Waals surface area contributed by atoms with Crippen molar-refractivity contribution in [1.29, 1.82) is 0 Å². The Morgan fingerprint density at radius 3 is 2.79 bits per heavy atom. The van der Waals surface area contributed by atoms with Gasteiger partial charge in [-0.25, -0.2) is 9.37 Å². The highest BCUT2D eigenvalue weighted by Gasteiger charge is 2.23. The van der Waals surface area contributed by atoms with Gasteiger partial charge in [-0.15, -0.1) is 0 Å². The highest BCUT2D eigenvalue weighted by atomic mass is 19.1. The molecule has 0 spiro atoms. The first kappa shape index (κ1) is 21.7. The van der Waals surface area contributed by atoms with E-state index in [0.717, 1.165) is 13.1 Å². The number of hydrogen-bond acceptors (Lipinski definition) is 8. The molecule has 3 aromatic heterocycles. The summed E-state index contributed by atoms with van der Waals surface area (Å²) >= 11 is 0. The average molecular weight is 456 g/mol. The van der Waals surface area contributed by atoms with Crippen molar-refractivity contribution in [3.63, 3.8) is 0 Å². The molecule has 174 valence electrons. The second-order valence-electron chi connectivity index (χ2n) is 8.51. The lowest BCUT2D eigenvalue weighted by molar-refractivity contribution is 0.0810. The molecule has 0 radical (unpaired) electrons. The molecule has 5 rings (SSSR count). The van der Waals surface area contributed by atoms with Crippen molar-refractivity contribution in [3.8, 4) is 11.5 Å². The number of aliphatic hydroxyl groups is 2. The minimum atomic E-state index is -0.433. The van der Waals surface area contributed by atoms with Gasteiger partial charge in [-0.05, 0) is 31.0 Å². The Morgan fingerprint density at radius 2 is 2.03 bits per heavy atom. The van der Waals surface area contributed by atoms with Gasteiger partial charge in [0, 0.05) is 26.2 Å². The SMILES string of the molecule is CC(CO)c1nc(-c2ncn3c2c(=O)n(CCN2CCC(O)CC2)c2cc(F)ccc23)no1. The maximum atomic E-state index is 14.1. The molecule has 0 amide bonds. The first-order valence-corrected chi connectivity index (χ1v) is 11.0. The van der Waals surface area contributed by atoms with E-state index in [1.807, 2.05) is 0 Å². The summed E-state index contributed by atoms with van der Waals surface area (Å²) in [4.78, 5) is 24.5. The highest BCUT2D eigenvalue weighted by molar-refractivity contribution is 5.83. The molecule has 1 atom stereocenters. The molecule has 1 fully saturated rings. The number of halogens is 1. The zero-order valence-electron chi connectivity index (χ0n) is 18.2. The lowest BCUT2D eigenvalue weighted by Gasteiger charge is -2.29. The molecule has 10 nitrogen and oxygen atoms in total. The van der Waals surface area contributed by atoms with E-state index in [-0.39, 0.29) is 47.1 Å². The van der Waals surface area contributed by atoms with Crippen LogP contribution < -0.4 is 5.56 Å². The molecule has 0 saturated carbocycles. The smallest absolute Gasteiger partial charge is 0.277 e. The van der Waals surface area contributed by atoms with Crippen molar-refractivity contribution in [2.45, 2.75) is 38.3 Å². The Kier molecular flexibility index (Phi) is 5.69. The normalized spacial score (nSPS) is 16.7. The van der Waals surface area contributed by atoms with Crippen LogP contribution in [0.3, 0.4) is 0 Å². The van der Waals surface area contributed by atoms with Crippen LogP contribution in [0.5, 0.6) is 0 Å². The van der Waals surface area contributed by atoms with Crippen molar-refractivity contribution in [2.24, 2.45) is 0 Å². The molecule has 1 aromatic carbocycles. The number of hydrogen-bond donors (Lipinski definition) is 2. The minimum absolute atomic E-state index is 0.151. The van der Waals surface area contributed by atoms with Gasteiger partial charge in [-0.3, -0.25) is 9.20 Å². The molecule has 2 N–H and O–H groups in total. The molecular formula is C22H25FN6O4. The lowest BCUT2D eigenvalue weighted by atomic mass is 10.1. The first-order chi connectivity index (χ1) is 16.0. The van der Waals surface area contributed by atoms with E-state index in [1.54, 1.807) is 22.0 Å². The molecule has 1 unspecified atom stereocenters. The average Bonchev–Trinajstić information content (AvgIpc) is 3.47. The van der Waals surface area contributed by atoms with Crippen LogP contribution >= 0.6 is 0 Å². The van der Waals surface area contributed by atoms with Crippen LogP contribution in [0.4, 0.5) is 4.39 Å². The topological polar surface area (TPSA) is 122 Å². The number of nitrogens with zero attached hydrogens (tertiary/aromatic N) is 6. The van der Waals surface area contributed by atoms with Crippen LogP contribution in [0.25, 0.3) is 28.1 Å². The second-order valence-corrected chi connectivity index (χ2v) is 8.51. The zero-order valence-corrected chi connectivity index (χ0v) is 18.2. The maximum absolute atomic E-state index is 14.1. The monoisotopic (exact) mass is 456 g/mol. The van der Waals surface area contributed by atoms with Crippen molar-refractivity contribution in [2.75, 3.05) is 26.2 Å². The molecule has 0 aliphatic carbocycles. The number of likely N-dealkylation sites (tertiary alicyclic amines) is 1. The van der Waals surface area contributed by atoms with Crippen LogP contribution in [-0.4, -0.2) is 71.6 Å². The van der Waals surface area contributed by atoms with Crippen molar-refractivity contribution in [1.82, 2.24) is 29.0 Å². The number of piperidine rings is 1. The molecule has 1 aliphatic heterocycles. The summed E-state index contributed by atoms with van der Waals surface area (Å²) in [5, 5.41) is 23.1. The van der Waals surface area contributed by atoms with Gasteiger partial charge in [0.25, 0.3) is 5.56 Å². The van der Waals surface area contributed by atoms with Crippen LogP contribution in [-0.2, 0) is 6.54 Å². The van der Waals surface area contributed by atoms with Gasteiger partial charge in [0.2, 0.25) is 11.7 Å². The summed E-state index contributed by atoms with van der Waals surface area (Å²) in [6.07, 6.45) is 2.61. The van der Waals surface area contributed by atoms with E-state index < -0.39 is 5.82 Å². The van der Waals surface area contributed by atoms with Crippen LogP contribution in [0.15, 0.2) is 33.8 Å². The van der Waals surface area contributed by atoms with E-state index in [2.05, 4.69) is 20.0 Å². The Morgan fingerprint density at radius 1 is 1.24 bits per heavy atom. The van der Waals surface area contributed by atoms with Crippen molar-refractivity contribution >= 4 is 16.6 Å². The van der Waals surface area contributed by atoms with Crippen LogP contribution in [0.2, 0.25) is 0 Å². The van der Waals surface area contributed by atoms with Gasteiger partial charge in [0.05, 0.1) is 29.7 Å². The lowest BCUT2D eigenvalue weighted by Crippen LogP contribution is -2.39. The number of aromatic nitrogens is 5. The fourth-order valence-corrected chi connectivity index (χ4v) is 4.27. The Hall–Kier alpha value is -3.15. The van der Waals surface area contributed by atoms with Crippen molar-refractivity contribution in [3.05, 3.63) is 46.6 Å². The third-order valence-corrected chi connectivity index (χ3v) is 6.25. The maximum Gasteiger partial charge on any atom is 0.277 e. The predicted octanol–water partition coefficient (Wildman–Crippen LogP) is 1.39. The summed E-state index contributed by atoms with van der Waals surface area (Å²) in [5.74, 6) is -0.368. The largest absolute Gasteiger partial charge is 0.396 e. The fraction of sp³-hybridized carbons (Fsp3) is 0.455. The van der Waals surface area contributed by atoms with Crippen LogP contribution in [0, 0.1) is 5.82 Å². The molecule has 0 bridgehead atoms. The Bertz CT molecular complexity index is 1350. The summed E-state index contributed by atoms with van der Waals surface area (Å²) in [6, 6.07) is 4.31. The quantitative estimate of drug-likeness (QED) is 0.446. The van der Waals surface area contributed by atoms with E-state index in [0.29, 0.717) is 37.0 Å². The highest BCUT2D eigenvalue weighted by Crippen LogP contribution is 2.24. The van der Waals surface area contributed by atoms with Gasteiger partial charge in [0.1, 0.15) is 23.4 Å². The van der Waals surface area contributed by atoms with E-state index in [4.69, 9.17) is 4.52 Å².